The van der Waals surface area contributed by atoms with Crippen LogP contribution in [0.2, 0.25) is 0 Å². The molecule has 0 atom stereocenters. The number of benzene rings is 1. The highest BCUT2D eigenvalue weighted by Crippen LogP contribution is 2.43. The summed E-state index contributed by atoms with van der Waals surface area (Å²) in [4.78, 5) is 12.9. The van der Waals surface area contributed by atoms with E-state index in [1.807, 2.05) is 18.2 Å². The van der Waals surface area contributed by atoms with Gasteiger partial charge in [-0.2, -0.15) is 0 Å². The van der Waals surface area contributed by atoms with E-state index >= 15 is 0 Å². The van der Waals surface area contributed by atoms with E-state index < -0.39 is 14.6 Å². The monoisotopic (exact) mass is 350 g/mol. The molecule has 0 unspecified atom stereocenters. The standard InChI is InChI=1S/C18H26N2O3S/c1-24(22,23)18(10-12-19-13-11-18)16(21)20-14-17(8-5-9-17)15-6-3-2-4-7-15/h2-4,6-7,19H,5,8-14H2,1H3,(H,20,21). The number of hydrogen-bond donors (Lipinski definition) is 2. The van der Waals surface area contributed by atoms with Gasteiger partial charge < -0.3 is 10.6 Å². The molecule has 1 aliphatic carbocycles. The molecule has 1 aromatic rings. The van der Waals surface area contributed by atoms with E-state index in [1.54, 1.807) is 0 Å². The molecule has 1 aromatic carbocycles. The molecule has 6 heteroatoms. The van der Waals surface area contributed by atoms with Crippen molar-refractivity contribution in [3.63, 3.8) is 0 Å². The van der Waals surface area contributed by atoms with E-state index in [0.717, 1.165) is 19.3 Å². The van der Waals surface area contributed by atoms with Gasteiger partial charge in [0.1, 0.15) is 0 Å². The lowest BCUT2D eigenvalue weighted by Gasteiger charge is -2.44. The molecule has 0 radical (unpaired) electrons. The fraction of sp³-hybridized carbons (Fsp3) is 0.611. The van der Waals surface area contributed by atoms with Crippen LogP contribution in [0.3, 0.4) is 0 Å². The van der Waals surface area contributed by atoms with Crippen molar-refractivity contribution in [3.8, 4) is 0 Å². The predicted octanol–water partition coefficient (Wildman–Crippen LogP) is 1.39. The van der Waals surface area contributed by atoms with Gasteiger partial charge in [0.25, 0.3) is 0 Å². The SMILES string of the molecule is CS(=O)(=O)C1(C(=O)NCC2(c3ccccc3)CCC2)CCNCC1. The number of nitrogens with one attached hydrogen (secondary N) is 2. The van der Waals surface area contributed by atoms with Crippen LogP contribution >= 0.6 is 0 Å². The molecular weight excluding hydrogens is 324 g/mol. The van der Waals surface area contributed by atoms with Crippen LogP contribution in [0.25, 0.3) is 0 Å². The average molecular weight is 350 g/mol. The van der Waals surface area contributed by atoms with Crippen molar-refractivity contribution in [2.75, 3.05) is 25.9 Å². The van der Waals surface area contributed by atoms with Crippen molar-refractivity contribution in [3.05, 3.63) is 35.9 Å². The van der Waals surface area contributed by atoms with Crippen molar-refractivity contribution < 1.29 is 13.2 Å². The van der Waals surface area contributed by atoms with Crippen LogP contribution in [0, 0.1) is 0 Å². The number of hydrogen-bond acceptors (Lipinski definition) is 4. The van der Waals surface area contributed by atoms with E-state index in [1.165, 1.54) is 11.8 Å². The molecule has 24 heavy (non-hydrogen) atoms. The highest BCUT2D eigenvalue weighted by Gasteiger charge is 2.49. The molecule has 2 aliphatic rings. The summed E-state index contributed by atoms with van der Waals surface area (Å²) in [6, 6.07) is 10.2. The first-order valence-electron chi connectivity index (χ1n) is 8.64. The highest BCUT2D eigenvalue weighted by atomic mass is 32.2. The number of amides is 1. The second-order valence-electron chi connectivity index (χ2n) is 7.20. The Morgan fingerprint density at radius 2 is 1.75 bits per heavy atom. The fourth-order valence-corrected chi connectivity index (χ4v) is 5.32. The van der Waals surface area contributed by atoms with Gasteiger partial charge in [-0.15, -0.1) is 0 Å². The van der Waals surface area contributed by atoms with E-state index in [0.29, 0.717) is 32.5 Å². The fourth-order valence-electron chi connectivity index (χ4n) is 3.97. The van der Waals surface area contributed by atoms with Crippen LogP contribution in [0.4, 0.5) is 0 Å². The van der Waals surface area contributed by atoms with Gasteiger partial charge in [0.2, 0.25) is 5.91 Å². The maximum absolute atomic E-state index is 12.9. The Balaban J connectivity index is 1.76. The van der Waals surface area contributed by atoms with Gasteiger partial charge in [-0.1, -0.05) is 36.8 Å². The number of rotatable bonds is 5. The van der Waals surface area contributed by atoms with E-state index in [-0.39, 0.29) is 11.3 Å². The highest BCUT2D eigenvalue weighted by molar-refractivity contribution is 7.92. The molecular formula is C18H26N2O3S. The molecule has 3 rings (SSSR count). The second-order valence-corrected chi connectivity index (χ2v) is 9.52. The van der Waals surface area contributed by atoms with Gasteiger partial charge in [0, 0.05) is 18.2 Å². The minimum absolute atomic E-state index is 0.0392. The van der Waals surface area contributed by atoms with Gasteiger partial charge in [-0.3, -0.25) is 4.79 Å². The summed E-state index contributed by atoms with van der Waals surface area (Å²) in [5.74, 6) is -0.325. The van der Waals surface area contributed by atoms with Crippen LogP contribution in [0.5, 0.6) is 0 Å². The Morgan fingerprint density at radius 3 is 2.25 bits per heavy atom. The van der Waals surface area contributed by atoms with Crippen molar-refractivity contribution in [1.82, 2.24) is 10.6 Å². The lowest BCUT2D eigenvalue weighted by molar-refractivity contribution is -0.124. The zero-order chi connectivity index (χ0) is 17.3. The molecule has 0 aromatic heterocycles. The Labute approximate surface area is 144 Å². The lowest BCUT2D eigenvalue weighted by atomic mass is 9.64. The topological polar surface area (TPSA) is 75.3 Å². The van der Waals surface area contributed by atoms with Gasteiger partial charge in [-0.05, 0) is 44.3 Å². The minimum Gasteiger partial charge on any atom is -0.354 e. The van der Waals surface area contributed by atoms with E-state index in [4.69, 9.17) is 0 Å². The Morgan fingerprint density at radius 1 is 1.12 bits per heavy atom. The number of carbonyl (C=O) groups excluding carboxylic acids is 1. The van der Waals surface area contributed by atoms with Crippen molar-refractivity contribution in [1.29, 1.82) is 0 Å². The van der Waals surface area contributed by atoms with Gasteiger partial charge in [-0.25, -0.2) is 8.42 Å². The summed E-state index contributed by atoms with van der Waals surface area (Å²) in [5.41, 5.74) is 1.19. The van der Waals surface area contributed by atoms with Crippen molar-refractivity contribution >= 4 is 15.7 Å². The first-order valence-corrected chi connectivity index (χ1v) is 10.5. The normalized spacial score (nSPS) is 22.4. The van der Waals surface area contributed by atoms with Crippen LogP contribution in [-0.2, 0) is 20.0 Å². The van der Waals surface area contributed by atoms with Gasteiger partial charge >= 0.3 is 0 Å². The maximum Gasteiger partial charge on any atom is 0.241 e. The van der Waals surface area contributed by atoms with E-state index in [9.17, 15) is 13.2 Å². The molecule has 1 saturated carbocycles. The van der Waals surface area contributed by atoms with Crippen molar-refractivity contribution in [2.24, 2.45) is 0 Å². The largest absolute Gasteiger partial charge is 0.354 e. The summed E-state index contributed by atoms with van der Waals surface area (Å²) in [5, 5.41) is 6.14. The maximum atomic E-state index is 12.9. The zero-order valence-corrected chi connectivity index (χ0v) is 15.0. The third-order valence-electron chi connectivity index (χ3n) is 5.82. The van der Waals surface area contributed by atoms with Crippen LogP contribution in [0.1, 0.15) is 37.7 Å². The van der Waals surface area contributed by atoms with Crippen LogP contribution < -0.4 is 10.6 Å². The molecule has 1 heterocycles. The Hall–Kier alpha value is -1.40. The summed E-state index contributed by atoms with van der Waals surface area (Å²) < 4.78 is 23.4. The molecule has 0 spiro atoms. The summed E-state index contributed by atoms with van der Waals surface area (Å²) in [7, 11) is -3.46. The second kappa shape index (κ2) is 6.48. The molecule has 2 N–H and O–H groups in total. The first kappa shape index (κ1) is 17.4. The predicted molar refractivity (Wildman–Crippen MR) is 94.7 cm³/mol. The third kappa shape index (κ3) is 2.97. The average Bonchev–Trinajstić information content (AvgIpc) is 2.54. The quantitative estimate of drug-likeness (QED) is 0.841. The van der Waals surface area contributed by atoms with Gasteiger partial charge in [0.15, 0.2) is 14.6 Å². The lowest BCUT2D eigenvalue weighted by Crippen LogP contribution is -2.59. The number of sulfone groups is 1. The molecule has 1 aliphatic heterocycles. The third-order valence-corrected chi connectivity index (χ3v) is 7.83. The summed E-state index contributed by atoms with van der Waals surface area (Å²) in [6.07, 6.45) is 5.08. The van der Waals surface area contributed by atoms with Gasteiger partial charge in [0.05, 0.1) is 0 Å². The Bertz CT molecular complexity index is 690. The molecule has 2 fully saturated rings. The minimum atomic E-state index is -3.46. The van der Waals surface area contributed by atoms with Crippen LogP contribution in [-0.4, -0.2) is 45.0 Å². The summed E-state index contributed by atoms with van der Waals surface area (Å²) in [6.45, 7) is 1.63. The molecule has 132 valence electrons. The van der Waals surface area contributed by atoms with E-state index in [2.05, 4.69) is 22.8 Å². The van der Waals surface area contributed by atoms with Crippen LogP contribution in [0.15, 0.2) is 30.3 Å². The number of carbonyl (C=O) groups is 1. The summed E-state index contributed by atoms with van der Waals surface area (Å²) >= 11 is 0. The van der Waals surface area contributed by atoms with Crippen molar-refractivity contribution in [2.45, 2.75) is 42.3 Å². The first-order chi connectivity index (χ1) is 11.4. The smallest absolute Gasteiger partial charge is 0.241 e. The zero-order valence-electron chi connectivity index (χ0n) is 14.2. The Kier molecular flexibility index (Phi) is 4.71. The molecule has 0 bridgehead atoms. The number of piperidine rings is 1. The molecule has 1 amide bonds. The molecule has 1 saturated heterocycles. The molecule has 5 nitrogen and oxygen atoms in total.